The van der Waals surface area contributed by atoms with Gasteiger partial charge in [-0.3, -0.25) is 0 Å². The van der Waals surface area contributed by atoms with Gasteiger partial charge in [0.25, 0.3) is 10.0 Å². The smallest absolute Gasteiger partial charge is 0.263 e. The SMILES string of the molecule is CN(CCCN)S(=O)(=O)c1ncccc1F. The van der Waals surface area contributed by atoms with E-state index in [9.17, 15) is 12.8 Å². The second kappa shape index (κ2) is 5.33. The molecule has 90 valence electrons. The molecule has 0 fully saturated rings. The average Bonchev–Trinajstić information content (AvgIpc) is 2.26. The van der Waals surface area contributed by atoms with E-state index in [-0.39, 0.29) is 6.54 Å². The van der Waals surface area contributed by atoms with Gasteiger partial charge in [0.2, 0.25) is 5.03 Å². The van der Waals surface area contributed by atoms with Crippen molar-refractivity contribution < 1.29 is 12.8 Å². The molecule has 1 rings (SSSR count). The summed E-state index contributed by atoms with van der Waals surface area (Å²) in [5.41, 5.74) is 5.28. The van der Waals surface area contributed by atoms with E-state index in [2.05, 4.69) is 4.98 Å². The molecule has 7 heteroatoms. The molecular weight excluding hydrogens is 233 g/mol. The predicted molar refractivity (Wildman–Crippen MR) is 57.7 cm³/mol. The highest BCUT2D eigenvalue weighted by Crippen LogP contribution is 2.14. The minimum absolute atomic E-state index is 0.245. The Hall–Kier alpha value is -1.05. The molecule has 1 aromatic rings. The highest BCUT2D eigenvalue weighted by Gasteiger charge is 2.25. The monoisotopic (exact) mass is 247 g/mol. The number of hydrogen-bond acceptors (Lipinski definition) is 4. The fourth-order valence-corrected chi connectivity index (χ4v) is 2.32. The van der Waals surface area contributed by atoms with E-state index < -0.39 is 20.9 Å². The molecule has 0 spiro atoms. The summed E-state index contributed by atoms with van der Waals surface area (Å²) >= 11 is 0. The van der Waals surface area contributed by atoms with Crippen LogP contribution >= 0.6 is 0 Å². The number of pyridine rings is 1. The third-order valence-corrected chi connectivity index (χ3v) is 3.85. The Morgan fingerprint density at radius 1 is 1.56 bits per heavy atom. The van der Waals surface area contributed by atoms with Crippen molar-refractivity contribution >= 4 is 10.0 Å². The number of nitrogens with zero attached hydrogens (tertiary/aromatic N) is 2. The fraction of sp³-hybridized carbons (Fsp3) is 0.444. The van der Waals surface area contributed by atoms with E-state index in [1.807, 2.05) is 0 Å². The molecule has 0 aliphatic heterocycles. The first-order valence-electron chi connectivity index (χ1n) is 4.77. The van der Waals surface area contributed by atoms with Crippen LogP contribution in [-0.4, -0.2) is 37.8 Å². The van der Waals surface area contributed by atoms with E-state index in [0.29, 0.717) is 13.0 Å². The summed E-state index contributed by atoms with van der Waals surface area (Å²) in [6.07, 6.45) is 1.76. The summed E-state index contributed by atoms with van der Waals surface area (Å²) in [5, 5.41) is -0.547. The van der Waals surface area contributed by atoms with Gasteiger partial charge in [0.15, 0.2) is 5.82 Å². The van der Waals surface area contributed by atoms with Crippen LogP contribution in [0.3, 0.4) is 0 Å². The van der Waals surface area contributed by atoms with Gasteiger partial charge in [-0.2, -0.15) is 4.31 Å². The molecule has 5 nitrogen and oxygen atoms in total. The number of sulfonamides is 1. The third kappa shape index (κ3) is 2.75. The van der Waals surface area contributed by atoms with Gasteiger partial charge >= 0.3 is 0 Å². The van der Waals surface area contributed by atoms with Gasteiger partial charge in [0.05, 0.1) is 0 Å². The first kappa shape index (κ1) is 13.0. The number of halogens is 1. The van der Waals surface area contributed by atoms with E-state index >= 15 is 0 Å². The van der Waals surface area contributed by atoms with Crippen LogP contribution in [-0.2, 0) is 10.0 Å². The van der Waals surface area contributed by atoms with Crippen molar-refractivity contribution in [3.05, 3.63) is 24.1 Å². The van der Waals surface area contributed by atoms with Gasteiger partial charge in [0.1, 0.15) is 0 Å². The Morgan fingerprint density at radius 2 is 2.25 bits per heavy atom. The van der Waals surface area contributed by atoms with Crippen molar-refractivity contribution in [1.29, 1.82) is 0 Å². The van der Waals surface area contributed by atoms with Gasteiger partial charge in [-0.15, -0.1) is 0 Å². The molecule has 0 unspecified atom stereocenters. The van der Waals surface area contributed by atoms with Crippen LogP contribution in [0.4, 0.5) is 4.39 Å². The minimum atomic E-state index is -3.85. The zero-order chi connectivity index (χ0) is 12.2. The molecule has 0 saturated heterocycles. The highest BCUT2D eigenvalue weighted by atomic mass is 32.2. The predicted octanol–water partition coefficient (Wildman–Crippen LogP) is 0.190. The maximum absolute atomic E-state index is 13.3. The second-order valence-electron chi connectivity index (χ2n) is 3.26. The number of aromatic nitrogens is 1. The zero-order valence-electron chi connectivity index (χ0n) is 8.93. The average molecular weight is 247 g/mol. The lowest BCUT2D eigenvalue weighted by atomic mass is 10.4. The van der Waals surface area contributed by atoms with Crippen molar-refractivity contribution in [3.8, 4) is 0 Å². The topological polar surface area (TPSA) is 76.3 Å². The molecule has 0 atom stereocenters. The van der Waals surface area contributed by atoms with Gasteiger partial charge in [-0.1, -0.05) is 0 Å². The van der Waals surface area contributed by atoms with Gasteiger partial charge in [0, 0.05) is 19.8 Å². The minimum Gasteiger partial charge on any atom is -0.330 e. The fourth-order valence-electron chi connectivity index (χ4n) is 1.14. The van der Waals surface area contributed by atoms with E-state index in [1.165, 1.54) is 19.3 Å². The number of rotatable bonds is 5. The van der Waals surface area contributed by atoms with Crippen LogP contribution in [0.1, 0.15) is 6.42 Å². The van der Waals surface area contributed by atoms with Crippen LogP contribution in [0.5, 0.6) is 0 Å². The molecule has 16 heavy (non-hydrogen) atoms. The first-order chi connectivity index (χ1) is 7.50. The van der Waals surface area contributed by atoms with Crippen molar-refractivity contribution in [2.24, 2.45) is 5.73 Å². The van der Waals surface area contributed by atoms with Crippen LogP contribution in [0.15, 0.2) is 23.4 Å². The first-order valence-corrected chi connectivity index (χ1v) is 6.21. The van der Waals surface area contributed by atoms with Crippen LogP contribution in [0.25, 0.3) is 0 Å². The zero-order valence-corrected chi connectivity index (χ0v) is 9.74. The molecule has 0 aliphatic rings. The summed E-state index contributed by atoms with van der Waals surface area (Å²) < 4.78 is 38.0. The molecule has 2 N–H and O–H groups in total. The van der Waals surface area contributed by atoms with Gasteiger partial charge in [-0.05, 0) is 25.1 Å². The Morgan fingerprint density at radius 3 is 2.81 bits per heavy atom. The Labute approximate surface area is 94.1 Å². The molecule has 0 amide bonds. The largest absolute Gasteiger partial charge is 0.330 e. The van der Waals surface area contributed by atoms with Crippen molar-refractivity contribution in [2.75, 3.05) is 20.1 Å². The lowest BCUT2D eigenvalue weighted by Crippen LogP contribution is -2.30. The molecule has 0 aliphatic carbocycles. The quantitative estimate of drug-likeness (QED) is 0.806. The normalized spacial score (nSPS) is 12.0. The lowest BCUT2D eigenvalue weighted by molar-refractivity contribution is 0.452. The second-order valence-corrected chi connectivity index (χ2v) is 5.22. The molecule has 0 bridgehead atoms. The van der Waals surface area contributed by atoms with Crippen molar-refractivity contribution in [3.63, 3.8) is 0 Å². The lowest BCUT2D eigenvalue weighted by Gasteiger charge is -2.16. The van der Waals surface area contributed by atoms with Gasteiger partial charge < -0.3 is 5.73 Å². The van der Waals surface area contributed by atoms with E-state index in [1.54, 1.807) is 0 Å². The van der Waals surface area contributed by atoms with E-state index in [4.69, 9.17) is 5.73 Å². The molecule has 0 radical (unpaired) electrons. The van der Waals surface area contributed by atoms with Crippen LogP contribution < -0.4 is 5.73 Å². The summed E-state index contributed by atoms with van der Waals surface area (Å²) in [4.78, 5) is 3.54. The molecule has 1 heterocycles. The highest BCUT2D eigenvalue weighted by molar-refractivity contribution is 7.89. The maximum Gasteiger partial charge on any atom is 0.263 e. The molecule has 0 saturated carbocycles. The summed E-state index contributed by atoms with van der Waals surface area (Å²) in [7, 11) is -2.48. The Balaban J connectivity index is 2.98. The summed E-state index contributed by atoms with van der Waals surface area (Å²) in [6, 6.07) is 2.41. The third-order valence-electron chi connectivity index (χ3n) is 2.06. The maximum atomic E-state index is 13.3. The Kier molecular flexibility index (Phi) is 4.34. The van der Waals surface area contributed by atoms with Crippen molar-refractivity contribution in [1.82, 2.24) is 9.29 Å². The number of hydrogen-bond donors (Lipinski definition) is 1. The summed E-state index contributed by atoms with van der Waals surface area (Å²) in [6.45, 7) is 0.624. The molecule has 1 aromatic heterocycles. The Bertz CT molecular complexity index is 450. The standard InChI is InChI=1S/C9H14FN3O2S/c1-13(7-3-5-11)16(14,15)9-8(10)4-2-6-12-9/h2,4,6H,3,5,7,11H2,1H3. The van der Waals surface area contributed by atoms with Crippen LogP contribution in [0, 0.1) is 5.82 Å². The molecule has 0 aromatic carbocycles. The van der Waals surface area contributed by atoms with Gasteiger partial charge in [-0.25, -0.2) is 17.8 Å². The molecular formula is C9H14FN3O2S. The van der Waals surface area contributed by atoms with Crippen molar-refractivity contribution in [2.45, 2.75) is 11.4 Å². The number of nitrogens with two attached hydrogens (primary N) is 1. The van der Waals surface area contributed by atoms with E-state index in [0.717, 1.165) is 10.4 Å². The summed E-state index contributed by atoms with van der Waals surface area (Å²) in [5.74, 6) is -0.845. The van der Waals surface area contributed by atoms with Crippen LogP contribution in [0.2, 0.25) is 0 Å².